The van der Waals surface area contributed by atoms with E-state index in [-0.39, 0.29) is 5.41 Å². The van der Waals surface area contributed by atoms with Crippen LogP contribution in [-0.2, 0) is 0 Å². The highest BCUT2D eigenvalue weighted by Gasteiger charge is 2.15. The summed E-state index contributed by atoms with van der Waals surface area (Å²) in [6.07, 6.45) is 11.0. The third kappa shape index (κ3) is 1.67. The molecule has 0 fully saturated rings. The van der Waals surface area contributed by atoms with Crippen molar-refractivity contribution in [2.24, 2.45) is 5.41 Å². The van der Waals surface area contributed by atoms with Gasteiger partial charge in [0, 0.05) is 23.2 Å². The third-order valence-electron chi connectivity index (χ3n) is 2.80. The van der Waals surface area contributed by atoms with Crippen LogP contribution in [0.1, 0.15) is 37.9 Å². The second-order valence-electron chi connectivity index (χ2n) is 4.65. The van der Waals surface area contributed by atoms with Crippen molar-refractivity contribution in [3.05, 3.63) is 41.7 Å². The van der Waals surface area contributed by atoms with Crippen LogP contribution >= 0.6 is 0 Å². The first kappa shape index (κ1) is 9.32. The Morgan fingerprint density at radius 2 is 2.07 bits per heavy atom. The zero-order valence-electron chi connectivity index (χ0n) is 9.04. The van der Waals surface area contributed by atoms with E-state index in [9.17, 15) is 0 Å². The van der Waals surface area contributed by atoms with Crippen LogP contribution in [0.2, 0.25) is 0 Å². The summed E-state index contributed by atoms with van der Waals surface area (Å²) in [5.74, 6) is 0.500. The van der Waals surface area contributed by atoms with E-state index >= 15 is 0 Å². The summed E-state index contributed by atoms with van der Waals surface area (Å²) in [6.45, 7) is 6.68. The van der Waals surface area contributed by atoms with Crippen molar-refractivity contribution >= 4 is 6.08 Å². The van der Waals surface area contributed by atoms with E-state index in [1.165, 1.54) is 11.3 Å². The highest BCUT2D eigenvalue weighted by atomic mass is 14.7. The Morgan fingerprint density at radius 1 is 1.29 bits per heavy atom. The lowest BCUT2D eigenvalue weighted by Gasteiger charge is -2.18. The normalized spacial score (nSPS) is 28.6. The molecular weight excluding hydrogens is 170 g/mol. The number of aromatic nitrogens is 1. The van der Waals surface area contributed by atoms with Crippen molar-refractivity contribution in [3.63, 3.8) is 0 Å². The summed E-state index contributed by atoms with van der Waals surface area (Å²) in [7, 11) is 0. The highest BCUT2D eigenvalue weighted by Crippen LogP contribution is 2.29. The average molecular weight is 187 g/mol. The van der Waals surface area contributed by atoms with E-state index < -0.39 is 0 Å². The molecule has 1 aliphatic carbocycles. The van der Waals surface area contributed by atoms with Gasteiger partial charge in [-0.3, -0.25) is 0 Å². The molecule has 0 aromatic carbocycles. The van der Waals surface area contributed by atoms with Crippen molar-refractivity contribution in [2.75, 3.05) is 0 Å². The number of rotatable bonds is 0. The number of H-pyrrole nitrogens is 1. The number of hydrogen-bond donors (Lipinski definition) is 1. The van der Waals surface area contributed by atoms with Crippen LogP contribution in [0.25, 0.3) is 6.08 Å². The number of allylic oxidation sites excluding steroid dienone is 3. The first-order chi connectivity index (χ1) is 6.58. The lowest BCUT2D eigenvalue weighted by molar-refractivity contribution is 0.622. The second-order valence-corrected chi connectivity index (χ2v) is 4.65. The van der Waals surface area contributed by atoms with Gasteiger partial charge in [0.25, 0.3) is 0 Å². The molecule has 2 rings (SSSR count). The fourth-order valence-corrected chi connectivity index (χ4v) is 1.79. The molecule has 0 radical (unpaired) electrons. The third-order valence-corrected chi connectivity index (χ3v) is 2.80. The number of nitrogens with one attached hydrogen (secondary N) is 1. The van der Waals surface area contributed by atoms with Gasteiger partial charge in [0.15, 0.2) is 0 Å². The van der Waals surface area contributed by atoms with Gasteiger partial charge in [-0.1, -0.05) is 39.0 Å². The van der Waals surface area contributed by atoms with Crippen LogP contribution in [0.5, 0.6) is 0 Å². The maximum absolute atomic E-state index is 3.27. The van der Waals surface area contributed by atoms with Crippen LogP contribution in [0, 0.1) is 5.41 Å². The van der Waals surface area contributed by atoms with Gasteiger partial charge in [-0.25, -0.2) is 0 Å². The van der Waals surface area contributed by atoms with Gasteiger partial charge in [-0.05, 0) is 17.7 Å². The molecule has 0 bridgehead atoms. The molecule has 0 saturated carbocycles. The Morgan fingerprint density at radius 3 is 2.86 bits per heavy atom. The summed E-state index contributed by atoms with van der Waals surface area (Å²) in [6, 6.07) is 2.16. The van der Waals surface area contributed by atoms with Crippen molar-refractivity contribution in [1.29, 1.82) is 0 Å². The molecule has 1 atom stereocenters. The Balaban J connectivity index is 2.48. The van der Waals surface area contributed by atoms with Crippen molar-refractivity contribution < 1.29 is 0 Å². The van der Waals surface area contributed by atoms with Crippen LogP contribution in [0.3, 0.4) is 0 Å². The Labute approximate surface area is 85.5 Å². The molecule has 1 aliphatic rings. The zero-order chi connectivity index (χ0) is 10.2. The molecule has 1 aromatic rings. The van der Waals surface area contributed by atoms with Gasteiger partial charge in [0.2, 0.25) is 0 Å². The quantitative estimate of drug-likeness (QED) is 0.596. The van der Waals surface area contributed by atoms with Gasteiger partial charge in [0.1, 0.15) is 0 Å². The van der Waals surface area contributed by atoms with Gasteiger partial charge in [-0.2, -0.15) is 0 Å². The van der Waals surface area contributed by atoms with E-state index in [4.69, 9.17) is 0 Å². The summed E-state index contributed by atoms with van der Waals surface area (Å²) in [4.78, 5) is 3.27. The summed E-state index contributed by atoms with van der Waals surface area (Å²) >= 11 is 0. The molecule has 1 heteroatoms. The monoisotopic (exact) mass is 187 g/mol. The minimum Gasteiger partial charge on any atom is -0.361 e. The Hall–Kier alpha value is -1.24. The number of hydrogen-bond acceptors (Lipinski definition) is 0. The summed E-state index contributed by atoms with van der Waals surface area (Å²) in [5.41, 5.74) is 2.79. The zero-order valence-corrected chi connectivity index (χ0v) is 9.04. The minimum atomic E-state index is 0.164. The van der Waals surface area contributed by atoms with Crippen molar-refractivity contribution in [1.82, 2.24) is 4.98 Å². The first-order valence-electron chi connectivity index (χ1n) is 5.14. The minimum absolute atomic E-state index is 0.164. The van der Waals surface area contributed by atoms with Gasteiger partial charge < -0.3 is 4.98 Å². The fourth-order valence-electron chi connectivity index (χ4n) is 1.79. The molecule has 74 valence electrons. The number of fused-ring (bicyclic) bond motifs is 1. The highest BCUT2D eigenvalue weighted by molar-refractivity contribution is 5.54. The first-order valence-corrected chi connectivity index (χ1v) is 5.14. The van der Waals surface area contributed by atoms with Gasteiger partial charge >= 0.3 is 0 Å². The van der Waals surface area contributed by atoms with Crippen molar-refractivity contribution in [2.45, 2.75) is 26.7 Å². The molecule has 0 saturated heterocycles. The lowest BCUT2D eigenvalue weighted by atomic mass is 9.87. The Kier molecular flexibility index (Phi) is 2.10. The molecule has 1 heterocycles. The molecule has 0 aliphatic heterocycles. The maximum Gasteiger partial charge on any atom is 0.0415 e. The average Bonchev–Trinajstić information content (AvgIpc) is 2.57. The molecule has 0 spiro atoms. The van der Waals surface area contributed by atoms with Gasteiger partial charge in [0.05, 0.1) is 0 Å². The maximum atomic E-state index is 3.27. The van der Waals surface area contributed by atoms with E-state index in [0.29, 0.717) is 5.92 Å². The predicted octanol–water partition coefficient (Wildman–Crippen LogP) is 3.73. The molecule has 14 heavy (non-hydrogen) atoms. The van der Waals surface area contributed by atoms with E-state index in [1.807, 2.05) is 6.20 Å². The van der Waals surface area contributed by atoms with E-state index in [0.717, 1.165) is 0 Å². The van der Waals surface area contributed by atoms with Crippen LogP contribution < -0.4 is 0 Å². The lowest BCUT2D eigenvalue weighted by Crippen LogP contribution is -2.05. The molecule has 1 N–H and O–H groups in total. The van der Waals surface area contributed by atoms with Crippen molar-refractivity contribution in [3.8, 4) is 0 Å². The molecule has 1 aromatic heterocycles. The SMILES string of the molecule is CC1/C=C\C(C)(C)/C=C\c2[nH]ccc21. The summed E-state index contributed by atoms with van der Waals surface area (Å²) < 4.78 is 0. The summed E-state index contributed by atoms with van der Waals surface area (Å²) in [5, 5.41) is 0. The smallest absolute Gasteiger partial charge is 0.0415 e. The molecule has 0 amide bonds. The fraction of sp³-hybridized carbons (Fsp3) is 0.385. The second kappa shape index (κ2) is 3.16. The molecule has 1 unspecified atom stereocenters. The van der Waals surface area contributed by atoms with Crippen LogP contribution in [0.4, 0.5) is 0 Å². The molecule has 1 nitrogen and oxygen atoms in total. The van der Waals surface area contributed by atoms with E-state index in [1.54, 1.807) is 0 Å². The topological polar surface area (TPSA) is 15.8 Å². The Bertz CT molecular complexity index is 380. The predicted molar refractivity (Wildman–Crippen MR) is 61.2 cm³/mol. The molecular formula is C13H17N. The largest absolute Gasteiger partial charge is 0.361 e. The van der Waals surface area contributed by atoms with Gasteiger partial charge in [-0.15, -0.1) is 0 Å². The van der Waals surface area contributed by atoms with Crippen LogP contribution in [-0.4, -0.2) is 4.98 Å². The van der Waals surface area contributed by atoms with Crippen LogP contribution in [0.15, 0.2) is 30.5 Å². The number of aromatic amines is 1. The standard InChI is InChI=1S/C13H17N/c1-10-4-7-13(2,3)8-5-12-11(10)6-9-14-12/h4-10,14H,1-3H3/b7-4-,8-5-. The van der Waals surface area contributed by atoms with E-state index in [2.05, 4.69) is 56.1 Å².